The zero-order valence-corrected chi connectivity index (χ0v) is 23.5. The first-order chi connectivity index (χ1) is 17.9. The summed E-state index contributed by atoms with van der Waals surface area (Å²) < 4.78 is 28.5. The fourth-order valence-electron chi connectivity index (χ4n) is 4.12. The number of nitrogens with one attached hydrogen (secondary N) is 2. The van der Waals surface area contributed by atoms with E-state index in [1.807, 2.05) is 18.2 Å². The number of amides is 1. The molecule has 1 aliphatic rings. The second kappa shape index (κ2) is 12.3. The topological polar surface area (TPSA) is 94.6 Å². The zero-order chi connectivity index (χ0) is 25.8. The van der Waals surface area contributed by atoms with Gasteiger partial charge in [-0.1, -0.05) is 41.1 Å². The number of carbonyl (C=O) groups excluding carboxylic acids is 1. The summed E-state index contributed by atoms with van der Waals surface area (Å²) in [5.41, 5.74) is 1.84. The molecule has 0 spiro atoms. The highest BCUT2D eigenvalue weighted by Gasteiger charge is 2.20. The van der Waals surface area contributed by atoms with Crippen LogP contribution in [0.15, 0.2) is 77.7 Å². The Hall–Kier alpha value is -2.89. The number of thiazole rings is 1. The number of carbonyl (C=O) groups is 1. The predicted octanol–water partition coefficient (Wildman–Crippen LogP) is 4.72. The fraction of sp³-hybridized carbons (Fsp3) is 0.231. The number of sulfonamides is 1. The number of piperazine rings is 1. The molecule has 2 heterocycles. The summed E-state index contributed by atoms with van der Waals surface area (Å²) in [6.45, 7) is 4.82. The van der Waals surface area contributed by atoms with E-state index in [2.05, 4.69) is 19.8 Å². The van der Waals surface area contributed by atoms with Crippen LogP contribution in [-0.2, 0) is 10.0 Å². The number of rotatable bonds is 8. The summed E-state index contributed by atoms with van der Waals surface area (Å²) in [4.78, 5) is 22.1. The van der Waals surface area contributed by atoms with E-state index in [4.69, 9.17) is 16.6 Å². The number of hydrogen-bond donors (Lipinski definition) is 2. The molecule has 1 fully saturated rings. The van der Waals surface area contributed by atoms with Gasteiger partial charge >= 0.3 is 0 Å². The van der Waals surface area contributed by atoms with Gasteiger partial charge in [-0.2, -0.15) is 0 Å². The van der Waals surface area contributed by atoms with Crippen LogP contribution in [0.25, 0.3) is 10.2 Å². The molecule has 1 aromatic heterocycles. The van der Waals surface area contributed by atoms with Gasteiger partial charge in [0.1, 0.15) is 0 Å². The van der Waals surface area contributed by atoms with Crippen molar-refractivity contribution in [1.82, 2.24) is 15.2 Å². The third kappa shape index (κ3) is 6.75. The Bertz CT molecular complexity index is 1490. The Morgan fingerprint density at radius 2 is 1.68 bits per heavy atom. The van der Waals surface area contributed by atoms with E-state index in [1.54, 1.807) is 53.8 Å². The number of halogens is 2. The third-order valence-electron chi connectivity index (χ3n) is 6.15. The molecule has 8 nitrogen and oxygen atoms in total. The lowest BCUT2D eigenvalue weighted by molar-refractivity contribution is 0.0948. The summed E-state index contributed by atoms with van der Waals surface area (Å²) in [6, 6.07) is 20.3. The molecule has 1 aliphatic heterocycles. The molecule has 3 aromatic carbocycles. The maximum atomic E-state index is 12.6. The van der Waals surface area contributed by atoms with Crippen LogP contribution in [-0.4, -0.2) is 63.5 Å². The van der Waals surface area contributed by atoms with Gasteiger partial charge in [0.15, 0.2) is 5.13 Å². The van der Waals surface area contributed by atoms with E-state index >= 15 is 0 Å². The Morgan fingerprint density at radius 3 is 2.39 bits per heavy atom. The molecule has 0 saturated carbocycles. The number of aromatic nitrogens is 1. The molecule has 4 aromatic rings. The molecule has 38 heavy (non-hydrogen) atoms. The normalized spacial score (nSPS) is 14.2. The Morgan fingerprint density at radius 1 is 0.974 bits per heavy atom. The molecule has 1 amide bonds. The number of hydrogen-bond acceptors (Lipinski definition) is 7. The maximum absolute atomic E-state index is 12.6. The summed E-state index contributed by atoms with van der Waals surface area (Å²) >= 11 is 7.76. The van der Waals surface area contributed by atoms with Gasteiger partial charge in [-0.25, -0.2) is 13.4 Å². The van der Waals surface area contributed by atoms with E-state index in [9.17, 15) is 13.2 Å². The van der Waals surface area contributed by atoms with Gasteiger partial charge in [0.25, 0.3) is 15.9 Å². The highest BCUT2D eigenvalue weighted by molar-refractivity contribution is 7.92. The van der Waals surface area contributed by atoms with Gasteiger partial charge < -0.3 is 10.2 Å². The van der Waals surface area contributed by atoms with Crippen LogP contribution in [0.2, 0.25) is 5.02 Å². The minimum Gasteiger partial charge on any atom is -0.351 e. The average Bonchev–Trinajstić information content (AvgIpc) is 3.33. The predicted molar refractivity (Wildman–Crippen MR) is 157 cm³/mol. The molecule has 200 valence electrons. The first-order valence-corrected chi connectivity index (χ1v) is 14.5. The first-order valence-electron chi connectivity index (χ1n) is 11.9. The highest BCUT2D eigenvalue weighted by Crippen LogP contribution is 2.31. The molecular weight excluding hydrogens is 565 g/mol. The van der Waals surface area contributed by atoms with Crippen molar-refractivity contribution in [3.05, 3.63) is 83.4 Å². The number of nitrogens with zero attached hydrogens (tertiary/aromatic N) is 3. The average molecular weight is 593 g/mol. The van der Waals surface area contributed by atoms with Crippen molar-refractivity contribution < 1.29 is 13.2 Å². The molecule has 0 atom stereocenters. The van der Waals surface area contributed by atoms with Crippen molar-refractivity contribution in [2.45, 2.75) is 4.90 Å². The van der Waals surface area contributed by atoms with Crippen molar-refractivity contribution in [2.24, 2.45) is 0 Å². The van der Waals surface area contributed by atoms with Crippen molar-refractivity contribution in [2.75, 3.05) is 48.9 Å². The molecule has 0 unspecified atom stereocenters. The van der Waals surface area contributed by atoms with E-state index < -0.39 is 10.0 Å². The van der Waals surface area contributed by atoms with Crippen molar-refractivity contribution >= 4 is 72.3 Å². The lowest BCUT2D eigenvalue weighted by Crippen LogP contribution is -2.48. The quantitative estimate of drug-likeness (QED) is 0.308. The lowest BCUT2D eigenvalue weighted by Gasteiger charge is -2.34. The molecule has 12 heteroatoms. The van der Waals surface area contributed by atoms with E-state index in [-0.39, 0.29) is 23.2 Å². The van der Waals surface area contributed by atoms with Crippen LogP contribution in [0.5, 0.6) is 0 Å². The van der Waals surface area contributed by atoms with Crippen molar-refractivity contribution in [3.8, 4) is 0 Å². The molecule has 1 saturated heterocycles. The second-order valence-corrected chi connectivity index (χ2v) is 11.8. The Kier molecular flexibility index (Phi) is 9.11. The van der Waals surface area contributed by atoms with Gasteiger partial charge in [0, 0.05) is 55.5 Å². The van der Waals surface area contributed by atoms with Gasteiger partial charge in [0.05, 0.1) is 15.1 Å². The van der Waals surface area contributed by atoms with Crippen LogP contribution in [0, 0.1) is 0 Å². The SMILES string of the molecule is Cl.O=C(NCCN1CCN(c2nc3ccc(Cl)cc3s2)CC1)c1ccc(NS(=O)(=O)c2ccccc2)cc1. The Balaban J connectivity index is 0.00000336. The minimum absolute atomic E-state index is 0. The molecule has 5 rings (SSSR count). The van der Waals surface area contributed by atoms with Crippen LogP contribution in [0.1, 0.15) is 10.4 Å². The third-order valence-corrected chi connectivity index (χ3v) is 8.86. The van der Waals surface area contributed by atoms with Gasteiger partial charge in [-0.05, 0) is 54.6 Å². The standard InChI is InChI=1S/C26H26ClN5O3S2.ClH/c27-20-8-11-23-24(18-20)36-26(29-23)32-16-14-31(15-17-32)13-12-28-25(33)19-6-9-21(10-7-19)30-37(34,35)22-4-2-1-3-5-22;/h1-11,18,30H,12-17H2,(H,28,33);1H. The van der Waals surface area contributed by atoms with Gasteiger partial charge in [-0.3, -0.25) is 14.4 Å². The van der Waals surface area contributed by atoms with E-state index in [0.29, 0.717) is 17.8 Å². The van der Waals surface area contributed by atoms with Crippen molar-refractivity contribution in [1.29, 1.82) is 0 Å². The lowest BCUT2D eigenvalue weighted by atomic mass is 10.2. The number of fused-ring (bicyclic) bond motifs is 1. The maximum Gasteiger partial charge on any atom is 0.261 e. The highest BCUT2D eigenvalue weighted by atomic mass is 35.5. The second-order valence-electron chi connectivity index (χ2n) is 8.69. The first kappa shape index (κ1) is 28.1. The summed E-state index contributed by atoms with van der Waals surface area (Å²) in [7, 11) is -3.67. The Labute approximate surface area is 237 Å². The van der Waals surface area contributed by atoms with Crippen molar-refractivity contribution in [3.63, 3.8) is 0 Å². The molecule has 0 aliphatic carbocycles. The minimum atomic E-state index is -3.67. The van der Waals surface area contributed by atoms with E-state index in [0.717, 1.165) is 53.1 Å². The largest absolute Gasteiger partial charge is 0.351 e. The monoisotopic (exact) mass is 591 g/mol. The molecular formula is C26H27Cl2N5O3S2. The smallest absolute Gasteiger partial charge is 0.261 e. The van der Waals surface area contributed by atoms with Crippen LogP contribution < -0.4 is 14.9 Å². The number of benzene rings is 3. The molecule has 0 radical (unpaired) electrons. The molecule has 2 N–H and O–H groups in total. The van der Waals surface area contributed by atoms with Crippen LogP contribution in [0.3, 0.4) is 0 Å². The number of anilines is 2. The van der Waals surface area contributed by atoms with Gasteiger partial charge in [-0.15, -0.1) is 12.4 Å². The molecule has 0 bridgehead atoms. The van der Waals surface area contributed by atoms with Gasteiger partial charge in [0.2, 0.25) is 0 Å². The van der Waals surface area contributed by atoms with Crippen LogP contribution >= 0.6 is 35.3 Å². The van der Waals surface area contributed by atoms with E-state index in [1.165, 1.54) is 12.1 Å². The zero-order valence-electron chi connectivity index (χ0n) is 20.3. The summed E-state index contributed by atoms with van der Waals surface area (Å²) in [5, 5.41) is 4.68. The summed E-state index contributed by atoms with van der Waals surface area (Å²) in [5.74, 6) is -0.191. The summed E-state index contributed by atoms with van der Waals surface area (Å²) in [6.07, 6.45) is 0. The fourth-order valence-corrected chi connectivity index (χ4v) is 6.49. The van der Waals surface area contributed by atoms with Crippen LogP contribution in [0.4, 0.5) is 10.8 Å².